The van der Waals surface area contributed by atoms with Crippen molar-refractivity contribution in [3.05, 3.63) is 0 Å². The van der Waals surface area contributed by atoms with Crippen molar-refractivity contribution in [3.8, 4) is 0 Å². The third-order valence-electron chi connectivity index (χ3n) is 1.45. The maximum atomic E-state index is 11.0. The van der Waals surface area contributed by atoms with Crippen molar-refractivity contribution in [3.63, 3.8) is 0 Å². The van der Waals surface area contributed by atoms with Crippen LogP contribution in [0, 0.1) is 0 Å². The third kappa shape index (κ3) is 4.31. The smallest absolute Gasteiger partial charge is 0.337 e. The van der Waals surface area contributed by atoms with E-state index in [0.717, 1.165) is 6.42 Å². The molecule has 0 spiro atoms. The molecule has 0 aromatic carbocycles. The van der Waals surface area contributed by atoms with Crippen LogP contribution >= 0.6 is 0 Å². The number of aliphatic hydroxyl groups excluding tert-OH is 1. The average molecular weight is 176 g/mol. The van der Waals surface area contributed by atoms with Gasteiger partial charge in [-0.15, -0.1) is 0 Å². The summed E-state index contributed by atoms with van der Waals surface area (Å²) in [4.78, 5) is 11.0. The SMILES string of the molecule is CCCC(O)C(=O)OC(C)OC. The molecule has 0 heterocycles. The van der Waals surface area contributed by atoms with E-state index in [9.17, 15) is 4.79 Å². The summed E-state index contributed by atoms with van der Waals surface area (Å²) >= 11 is 0. The van der Waals surface area contributed by atoms with E-state index in [2.05, 4.69) is 0 Å². The van der Waals surface area contributed by atoms with Crippen LogP contribution in [0.1, 0.15) is 26.7 Å². The molecular weight excluding hydrogens is 160 g/mol. The van der Waals surface area contributed by atoms with Crippen LogP contribution in [0.4, 0.5) is 0 Å². The zero-order valence-corrected chi connectivity index (χ0v) is 7.74. The van der Waals surface area contributed by atoms with E-state index in [4.69, 9.17) is 14.6 Å². The Balaban J connectivity index is 3.70. The molecule has 0 aromatic heterocycles. The van der Waals surface area contributed by atoms with Crippen LogP contribution in [0.5, 0.6) is 0 Å². The van der Waals surface area contributed by atoms with Gasteiger partial charge in [-0.05, 0) is 13.3 Å². The van der Waals surface area contributed by atoms with E-state index < -0.39 is 18.4 Å². The van der Waals surface area contributed by atoms with E-state index >= 15 is 0 Å². The molecule has 0 radical (unpaired) electrons. The number of methoxy groups -OCH3 is 1. The van der Waals surface area contributed by atoms with E-state index in [1.54, 1.807) is 6.92 Å². The molecule has 0 aliphatic carbocycles. The fourth-order valence-corrected chi connectivity index (χ4v) is 0.682. The second-order valence-electron chi connectivity index (χ2n) is 2.54. The number of esters is 1. The first kappa shape index (κ1) is 11.4. The lowest BCUT2D eigenvalue weighted by atomic mass is 10.2. The fourth-order valence-electron chi connectivity index (χ4n) is 0.682. The van der Waals surface area contributed by atoms with Gasteiger partial charge in [0.15, 0.2) is 12.4 Å². The Morgan fingerprint density at radius 1 is 1.58 bits per heavy atom. The highest BCUT2D eigenvalue weighted by atomic mass is 16.7. The van der Waals surface area contributed by atoms with Crippen LogP contribution in [-0.4, -0.2) is 30.6 Å². The van der Waals surface area contributed by atoms with Gasteiger partial charge in [0.1, 0.15) is 0 Å². The van der Waals surface area contributed by atoms with Crippen molar-refractivity contribution in [2.24, 2.45) is 0 Å². The second-order valence-corrected chi connectivity index (χ2v) is 2.54. The Labute approximate surface area is 72.5 Å². The van der Waals surface area contributed by atoms with Crippen LogP contribution in [-0.2, 0) is 14.3 Å². The zero-order chi connectivity index (χ0) is 9.56. The molecule has 0 aliphatic rings. The molecule has 4 nitrogen and oxygen atoms in total. The number of hydrogen-bond donors (Lipinski definition) is 1. The first-order valence-corrected chi connectivity index (χ1v) is 4.03. The highest BCUT2D eigenvalue weighted by Crippen LogP contribution is 2.01. The molecular formula is C8H16O4. The van der Waals surface area contributed by atoms with Crippen molar-refractivity contribution < 1.29 is 19.4 Å². The largest absolute Gasteiger partial charge is 0.434 e. The number of rotatable bonds is 5. The third-order valence-corrected chi connectivity index (χ3v) is 1.45. The van der Waals surface area contributed by atoms with Gasteiger partial charge in [0, 0.05) is 7.11 Å². The topological polar surface area (TPSA) is 55.8 Å². The standard InChI is InChI=1S/C8H16O4/c1-4-5-7(9)8(10)12-6(2)11-3/h6-7,9H,4-5H2,1-3H3. The van der Waals surface area contributed by atoms with Gasteiger partial charge in [0.25, 0.3) is 0 Å². The van der Waals surface area contributed by atoms with Crippen LogP contribution in [0.2, 0.25) is 0 Å². The number of carbonyl (C=O) groups is 1. The summed E-state index contributed by atoms with van der Waals surface area (Å²) in [6.45, 7) is 3.48. The Morgan fingerprint density at radius 3 is 2.58 bits per heavy atom. The normalized spacial score (nSPS) is 15.3. The van der Waals surface area contributed by atoms with E-state index in [1.165, 1.54) is 7.11 Å². The maximum Gasteiger partial charge on any atom is 0.337 e. The molecule has 4 heteroatoms. The Bertz CT molecular complexity index is 135. The highest BCUT2D eigenvalue weighted by molar-refractivity contribution is 5.74. The van der Waals surface area contributed by atoms with E-state index in [-0.39, 0.29) is 0 Å². The van der Waals surface area contributed by atoms with Gasteiger partial charge in [-0.25, -0.2) is 4.79 Å². The molecule has 0 aromatic rings. The molecule has 0 amide bonds. The lowest BCUT2D eigenvalue weighted by Gasteiger charge is -2.13. The Hall–Kier alpha value is -0.610. The fraction of sp³-hybridized carbons (Fsp3) is 0.875. The quantitative estimate of drug-likeness (QED) is 0.494. The monoisotopic (exact) mass is 176 g/mol. The highest BCUT2D eigenvalue weighted by Gasteiger charge is 2.17. The molecule has 1 N–H and O–H groups in total. The first-order valence-electron chi connectivity index (χ1n) is 4.03. The van der Waals surface area contributed by atoms with Crippen molar-refractivity contribution >= 4 is 5.97 Å². The molecule has 72 valence electrons. The molecule has 0 saturated heterocycles. The molecule has 0 saturated carbocycles. The van der Waals surface area contributed by atoms with Gasteiger partial charge in [-0.2, -0.15) is 0 Å². The maximum absolute atomic E-state index is 11.0. The summed E-state index contributed by atoms with van der Waals surface area (Å²) in [5, 5.41) is 9.13. The molecule has 2 atom stereocenters. The van der Waals surface area contributed by atoms with Crippen LogP contribution in [0.15, 0.2) is 0 Å². The predicted molar refractivity (Wildman–Crippen MR) is 43.5 cm³/mol. The van der Waals surface area contributed by atoms with Crippen LogP contribution < -0.4 is 0 Å². The summed E-state index contributed by atoms with van der Waals surface area (Å²) in [6.07, 6.45) is -0.441. The van der Waals surface area contributed by atoms with Crippen LogP contribution in [0.3, 0.4) is 0 Å². The van der Waals surface area contributed by atoms with Crippen molar-refractivity contribution in [2.45, 2.75) is 39.1 Å². The second kappa shape index (κ2) is 5.97. The molecule has 2 unspecified atom stereocenters. The first-order chi connectivity index (χ1) is 5.61. The number of carbonyl (C=O) groups excluding carboxylic acids is 1. The lowest BCUT2D eigenvalue weighted by molar-refractivity contribution is -0.179. The predicted octanol–water partition coefficient (Wildman–Crippen LogP) is 0.683. The summed E-state index contributed by atoms with van der Waals surface area (Å²) in [5.74, 6) is -0.619. The Morgan fingerprint density at radius 2 is 2.17 bits per heavy atom. The van der Waals surface area contributed by atoms with Gasteiger partial charge in [0.2, 0.25) is 0 Å². The average Bonchev–Trinajstić information content (AvgIpc) is 2.04. The summed E-state index contributed by atoms with van der Waals surface area (Å²) in [7, 11) is 1.43. The minimum Gasteiger partial charge on any atom is -0.434 e. The lowest BCUT2D eigenvalue weighted by Crippen LogP contribution is -2.27. The Kier molecular flexibility index (Phi) is 5.66. The number of hydrogen-bond acceptors (Lipinski definition) is 4. The minimum atomic E-state index is -1.02. The van der Waals surface area contributed by atoms with Crippen molar-refractivity contribution in [1.29, 1.82) is 0 Å². The van der Waals surface area contributed by atoms with Crippen molar-refractivity contribution in [1.82, 2.24) is 0 Å². The molecule has 12 heavy (non-hydrogen) atoms. The molecule has 0 bridgehead atoms. The summed E-state index contributed by atoms with van der Waals surface area (Å²) in [5.41, 5.74) is 0. The zero-order valence-electron chi connectivity index (χ0n) is 7.74. The molecule has 0 aliphatic heterocycles. The number of aliphatic hydroxyl groups is 1. The van der Waals surface area contributed by atoms with E-state index in [0.29, 0.717) is 6.42 Å². The van der Waals surface area contributed by atoms with Crippen molar-refractivity contribution in [2.75, 3.05) is 7.11 Å². The summed E-state index contributed by atoms with van der Waals surface area (Å²) in [6, 6.07) is 0. The molecule has 0 fully saturated rings. The van der Waals surface area contributed by atoms with Gasteiger partial charge < -0.3 is 14.6 Å². The molecule has 0 rings (SSSR count). The number of ether oxygens (including phenoxy) is 2. The van der Waals surface area contributed by atoms with Gasteiger partial charge in [-0.1, -0.05) is 13.3 Å². The van der Waals surface area contributed by atoms with E-state index in [1.807, 2.05) is 6.92 Å². The minimum absolute atomic E-state index is 0.426. The van der Waals surface area contributed by atoms with Gasteiger partial charge in [0.05, 0.1) is 0 Å². The van der Waals surface area contributed by atoms with Crippen LogP contribution in [0.25, 0.3) is 0 Å². The van der Waals surface area contributed by atoms with Gasteiger partial charge >= 0.3 is 5.97 Å². The summed E-state index contributed by atoms with van der Waals surface area (Å²) < 4.78 is 9.40. The van der Waals surface area contributed by atoms with Gasteiger partial charge in [-0.3, -0.25) is 0 Å².